The van der Waals surface area contributed by atoms with Gasteiger partial charge in [-0.1, -0.05) is 32.9 Å². The van der Waals surface area contributed by atoms with Gasteiger partial charge >= 0.3 is 0 Å². The maximum atomic E-state index is 5.75. The second-order valence-corrected chi connectivity index (χ2v) is 6.77. The minimum atomic E-state index is 0.0246. The van der Waals surface area contributed by atoms with Gasteiger partial charge in [0.2, 0.25) is 0 Å². The van der Waals surface area contributed by atoms with E-state index in [1.165, 1.54) is 29.5 Å². The Labute approximate surface area is 117 Å². The van der Waals surface area contributed by atoms with E-state index in [9.17, 15) is 0 Å². The first kappa shape index (κ1) is 14.4. The Hall–Kier alpha value is -1.02. The van der Waals surface area contributed by atoms with Crippen LogP contribution in [-0.2, 0) is 5.54 Å². The molecule has 1 N–H and O–H groups in total. The molecule has 1 aliphatic rings. The Balaban J connectivity index is 2.65. The number of hydrogen-bond acceptors (Lipinski definition) is 2. The number of methoxy groups -OCH3 is 1. The Morgan fingerprint density at radius 2 is 1.89 bits per heavy atom. The number of aryl methyl sites for hydroxylation is 1. The summed E-state index contributed by atoms with van der Waals surface area (Å²) in [6, 6.07) is 4.48. The number of hydrogen-bond donors (Lipinski definition) is 1. The molecule has 2 heteroatoms. The third-order valence-corrected chi connectivity index (χ3v) is 4.78. The van der Waals surface area contributed by atoms with Gasteiger partial charge in [-0.2, -0.15) is 0 Å². The van der Waals surface area contributed by atoms with Crippen molar-refractivity contribution in [2.24, 2.45) is 5.41 Å². The molecular weight excluding hydrogens is 234 g/mol. The van der Waals surface area contributed by atoms with Crippen LogP contribution in [0.25, 0.3) is 0 Å². The highest BCUT2D eigenvalue weighted by Gasteiger charge is 2.47. The van der Waals surface area contributed by atoms with Crippen LogP contribution in [0.2, 0.25) is 0 Å². The van der Waals surface area contributed by atoms with Gasteiger partial charge in [0.15, 0.2) is 0 Å². The van der Waals surface area contributed by atoms with Gasteiger partial charge in [-0.15, -0.1) is 0 Å². The SMILES string of the molecule is COc1c(C2(C(C)(C)C)CCCN2)ccc(C)c1C. The van der Waals surface area contributed by atoms with Crippen molar-refractivity contribution in [2.45, 2.75) is 53.0 Å². The zero-order valence-electron chi connectivity index (χ0n) is 13.2. The third-order valence-electron chi connectivity index (χ3n) is 4.78. The topological polar surface area (TPSA) is 21.3 Å². The van der Waals surface area contributed by atoms with Gasteiger partial charge in [0.25, 0.3) is 0 Å². The van der Waals surface area contributed by atoms with Crippen molar-refractivity contribution in [1.82, 2.24) is 5.32 Å². The molecule has 1 saturated heterocycles. The predicted molar refractivity (Wildman–Crippen MR) is 80.8 cm³/mol. The highest BCUT2D eigenvalue weighted by molar-refractivity contribution is 5.49. The largest absolute Gasteiger partial charge is 0.496 e. The summed E-state index contributed by atoms with van der Waals surface area (Å²) in [5, 5.41) is 3.77. The average Bonchev–Trinajstić information content (AvgIpc) is 2.82. The Kier molecular flexibility index (Phi) is 3.65. The summed E-state index contributed by atoms with van der Waals surface area (Å²) in [5.41, 5.74) is 4.07. The molecular formula is C17H27NO. The molecule has 1 atom stereocenters. The molecule has 1 heterocycles. The van der Waals surface area contributed by atoms with Crippen LogP contribution in [0.5, 0.6) is 5.75 Å². The van der Waals surface area contributed by atoms with E-state index < -0.39 is 0 Å². The van der Waals surface area contributed by atoms with Crippen LogP contribution in [0.15, 0.2) is 12.1 Å². The van der Waals surface area contributed by atoms with Crippen molar-refractivity contribution in [3.63, 3.8) is 0 Å². The van der Waals surface area contributed by atoms with Gasteiger partial charge < -0.3 is 10.1 Å². The highest BCUT2D eigenvalue weighted by atomic mass is 16.5. The zero-order chi connectivity index (χ0) is 14.3. The van der Waals surface area contributed by atoms with Crippen LogP contribution >= 0.6 is 0 Å². The second kappa shape index (κ2) is 4.82. The van der Waals surface area contributed by atoms with Crippen molar-refractivity contribution in [1.29, 1.82) is 0 Å². The first-order valence-corrected chi connectivity index (χ1v) is 7.23. The van der Waals surface area contributed by atoms with E-state index in [4.69, 9.17) is 4.74 Å². The quantitative estimate of drug-likeness (QED) is 0.870. The molecule has 1 aromatic carbocycles. The maximum Gasteiger partial charge on any atom is 0.127 e. The monoisotopic (exact) mass is 261 g/mol. The molecule has 2 nitrogen and oxygen atoms in total. The first-order chi connectivity index (χ1) is 8.83. The summed E-state index contributed by atoms with van der Waals surface area (Å²) >= 11 is 0. The highest BCUT2D eigenvalue weighted by Crippen LogP contribution is 2.49. The normalized spacial score (nSPS) is 23.7. The summed E-state index contributed by atoms with van der Waals surface area (Å²) in [6.45, 7) is 12.4. The van der Waals surface area contributed by atoms with Crippen LogP contribution in [0.1, 0.15) is 50.3 Å². The Bertz CT molecular complexity index is 465. The molecule has 0 aromatic heterocycles. The number of benzene rings is 1. The molecule has 19 heavy (non-hydrogen) atoms. The van der Waals surface area contributed by atoms with Gasteiger partial charge in [-0.3, -0.25) is 0 Å². The molecule has 0 spiro atoms. The molecule has 1 fully saturated rings. The minimum Gasteiger partial charge on any atom is -0.496 e. The second-order valence-electron chi connectivity index (χ2n) is 6.77. The van der Waals surface area contributed by atoms with E-state index >= 15 is 0 Å². The minimum absolute atomic E-state index is 0.0246. The van der Waals surface area contributed by atoms with E-state index in [2.05, 4.69) is 52.1 Å². The molecule has 2 rings (SSSR count). The molecule has 1 aliphatic heterocycles. The Morgan fingerprint density at radius 1 is 1.21 bits per heavy atom. The third kappa shape index (κ3) is 2.16. The lowest BCUT2D eigenvalue weighted by atomic mass is 9.68. The summed E-state index contributed by atoms with van der Waals surface area (Å²) < 4.78 is 5.75. The van der Waals surface area contributed by atoms with Crippen LogP contribution in [-0.4, -0.2) is 13.7 Å². The lowest BCUT2D eigenvalue weighted by Gasteiger charge is -2.43. The fourth-order valence-corrected chi connectivity index (χ4v) is 3.41. The summed E-state index contributed by atoms with van der Waals surface area (Å²) in [4.78, 5) is 0. The average molecular weight is 261 g/mol. The lowest BCUT2D eigenvalue weighted by molar-refractivity contribution is 0.156. The number of nitrogens with one attached hydrogen (secondary N) is 1. The lowest BCUT2D eigenvalue weighted by Crippen LogP contribution is -2.48. The molecule has 1 aromatic rings. The Morgan fingerprint density at radius 3 is 2.37 bits per heavy atom. The van der Waals surface area contributed by atoms with Gasteiger partial charge in [-0.05, 0) is 49.8 Å². The number of ether oxygens (including phenoxy) is 1. The first-order valence-electron chi connectivity index (χ1n) is 7.23. The van der Waals surface area contributed by atoms with Gasteiger partial charge in [0.1, 0.15) is 5.75 Å². The van der Waals surface area contributed by atoms with E-state index in [-0.39, 0.29) is 11.0 Å². The van der Waals surface area contributed by atoms with Crippen LogP contribution in [0.3, 0.4) is 0 Å². The van der Waals surface area contributed by atoms with Gasteiger partial charge in [0.05, 0.1) is 12.6 Å². The van der Waals surface area contributed by atoms with E-state index in [0.29, 0.717) is 0 Å². The molecule has 0 aliphatic carbocycles. The van der Waals surface area contributed by atoms with Crippen molar-refractivity contribution < 1.29 is 4.74 Å². The van der Waals surface area contributed by atoms with E-state index in [1.54, 1.807) is 7.11 Å². The van der Waals surface area contributed by atoms with E-state index in [0.717, 1.165) is 12.3 Å². The molecule has 0 amide bonds. The smallest absolute Gasteiger partial charge is 0.127 e. The predicted octanol–water partition coefficient (Wildman–Crippen LogP) is 3.94. The maximum absolute atomic E-state index is 5.75. The fraction of sp³-hybridized carbons (Fsp3) is 0.647. The molecule has 106 valence electrons. The summed E-state index contributed by atoms with van der Waals surface area (Å²) in [6.07, 6.45) is 2.41. The molecule has 1 unspecified atom stereocenters. The van der Waals surface area contributed by atoms with Crippen molar-refractivity contribution in [2.75, 3.05) is 13.7 Å². The standard InChI is InChI=1S/C17H27NO/c1-12-8-9-14(15(19-6)13(12)2)17(16(3,4)5)10-7-11-18-17/h8-9,18H,7,10-11H2,1-6H3. The fourth-order valence-electron chi connectivity index (χ4n) is 3.41. The van der Waals surface area contributed by atoms with E-state index in [1.807, 2.05) is 0 Å². The summed E-state index contributed by atoms with van der Waals surface area (Å²) in [7, 11) is 1.79. The van der Waals surface area contributed by atoms with Gasteiger partial charge in [-0.25, -0.2) is 0 Å². The summed E-state index contributed by atoms with van der Waals surface area (Å²) in [5.74, 6) is 1.06. The van der Waals surface area contributed by atoms with Gasteiger partial charge in [0, 0.05) is 5.56 Å². The van der Waals surface area contributed by atoms with Crippen LogP contribution in [0.4, 0.5) is 0 Å². The molecule has 0 radical (unpaired) electrons. The van der Waals surface area contributed by atoms with Crippen LogP contribution < -0.4 is 10.1 Å². The van der Waals surface area contributed by atoms with Crippen molar-refractivity contribution in [3.05, 3.63) is 28.8 Å². The zero-order valence-corrected chi connectivity index (χ0v) is 13.2. The van der Waals surface area contributed by atoms with Crippen molar-refractivity contribution >= 4 is 0 Å². The number of rotatable bonds is 2. The molecule has 0 bridgehead atoms. The van der Waals surface area contributed by atoms with Crippen molar-refractivity contribution in [3.8, 4) is 5.75 Å². The molecule has 0 saturated carbocycles. The van der Waals surface area contributed by atoms with Crippen LogP contribution in [0, 0.1) is 19.3 Å².